The van der Waals surface area contributed by atoms with Gasteiger partial charge in [-0.2, -0.15) is 0 Å². The molecule has 2 amide bonds. The molecule has 31 heavy (non-hydrogen) atoms. The van der Waals surface area contributed by atoms with Gasteiger partial charge >= 0.3 is 6.03 Å². The Hall–Kier alpha value is -2.97. The highest BCUT2D eigenvalue weighted by Gasteiger charge is 2.46. The summed E-state index contributed by atoms with van der Waals surface area (Å²) in [7, 11) is 0. The minimum atomic E-state index is -0.239. The number of nitrogens with one attached hydrogen (secondary N) is 1. The first kappa shape index (κ1) is 21.3. The lowest BCUT2D eigenvalue weighted by molar-refractivity contribution is -0.0222. The van der Waals surface area contributed by atoms with E-state index in [1.807, 2.05) is 36.4 Å². The highest BCUT2D eigenvalue weighted by atomic mass is 35.5. The molecule has 2 aromatic rings. The van der Waals surface area contributed by atoms with Crippen LogP contribution < -0.4 is 21.6 Å². The molecule has 2 aliphatic heterocycles. The number of carbonyl (C=O) groups is 1. The Kier molecular flexibility index (Phi) is 6.20. The molecule has 0 saturated carbocycles. The van der Waals surface area contributed by atoms with E-state index in [2.05, 4.69) is 27.5 Å². The molecule has 2 aromatic carbocycles. The molecule has 0 unspecified atom stereocenters. The van der Waals surface area contributed by atoms with E-state index in [0.29, 0.717) is 5.02 Å². The van der Waals surface area contributed by atoms with E-state index >= 15 is 0 Å². The maximum absolute atomic E-state index is 12.1. The zero-order chi connectivity index (χ0) is 21.8. The quantitative estimate of drug-likeness (QED) is 0.292. The van der Waals surface area contributed by atoms with E-state index in [9.17, 15) is 4.79 Å². The zero-order valence-corrected chi connectivity index (χ0v) is 18.0. The summed E-state index contributed by atoms with van der Waals surface area (Å²) in [5, 5.41) is 6.44. The summed E-state index contributed by atoms with van der Waals surface area (Å²) in [6, 6.07) is 15.3. The van der Waals surface area contributed by atoms with E-state index in [1.54, 1.807) is 4.90 Å². The number of guanidine groups is 1. The second-order valence-electron chi connectivity index (χ2n) is 8.28. The van der Waals surface area contributed by atoms with Crippen molar-refractivity contribution in [1.29, 1.82) is 0 Å². The molecule has 9 heteroatoms. The molecule has 4 rings (SSSR count). The third kappa shape index (κ3) is 5.21. The summed E-state index contributed by atoms with van der Waals surface area (Å²) in [6.45, 7) is 4.37. The Balaban J connectivity index is 1.26. The number of likely N-dealkylation sites (tertiary alicyclic amines) is 2. The molecule has 164 valence electrons. The minimum absolute atomic E-state index is 0.0666. The van der Waals surface area contributed by atoms with Crippen LogP contribution in [0.3, 0.4) is 0 Å². The molecule has 8 nitrogen and oxygen atoms in total. The SMILES string of the molecule is N/N=C(\N)NC(=O)N1CC2(CCN(Cc3cccc(Oc4ccc(Cl)cc4)c3)CC2)C1. The van der Waals surface area contributed by atoms with Gasteiger partial charge in [-0.05, 0) is 67.9 Å². The smallest absolute Gasteiger partial charge is 0.324 e. The Bertz CT molecular complexity index is 949. The molecule has 0 atom stereocenters. The lowest BCUT2D eigenvalue weighted by atomic mass is 9.72. The molecule has 0 bridgehead atoms. The fraction of sp³-hybridized carbons (Fsp3) is 0.364. The average Bonchev–Trinajstić information content (AvgIpc) is 2.74. The normalized spacial score (nSPS) is 18.5. The first-order chi connectivity index (χ1) is 14.9. The summed E-state index contributed by atoms with van der Waals surface area (Å²) in [4.78, 5) is 16.3. The lowest BCUT2D eigenvalue weighted by Crippen LogP contribution is -2.64. The van der Waals surface area contributed by atoms with Gasteiger partial charge in [0, 0.05) is 30.1 Å². The standard InChI is InChI=1S/C22H27ClN6O2/c23-17-4-6-18(7-5-17)31-19-3-1-2-16(12-19)13-28-10-8-22(9-11-28)14-29(15-22)21(30)26-20(24)27-25/h1-7,12H,8-11,13-15,25H2,(H3,24,26,27,30). The molecular formula is C22H27ClN6O2. The zero-order valence-electron chi connectivity index (χ0n) is 17.3. The molecular weight excluding hydrogens is 416 g/mol. The summed E-state index contributed by atoms with van der Waals surface area (Å²) < 4.78 is 5.95. The molecule has 2 heterocycles. The number of hydrogen-bond acceptors (Lipinski definition) is 5. The Morgan fingerprint density at radius 3 is 2.52 bits per heavy atom. The second-order valence-corrected chi connectivity index (χ2v) is 8.72. The van der Waals surface area contributed by atoms with Crippen LogP contribution in [-0.2, 0) is 6.54 Å². The van der Waals surface area contributed by atoms with E-state index in [4.69, 9.17) is 27.9 Å². The highest BCUT2D eigenvalue weighted by molar-refractivity contribution is 6.30. The minimum Gasteiger partial charge on any atom is -0.457 e. The van der Waals surface area contributed by atoms with Crippen molar-refractivity contribution in [3.63, 3.8) is 0 Å². The van der Waals surface area contributed by atoms with Crippen molar-refractivity contribution in [2.45, 2.75) is 19.4 Å². The number of nitrogens with two attached hydrogens (primary N) is 2. The van der Waals surface area contributed by atoms with Crippen molar-refractivity contribution in [3.8, 4) is 11.5 Å². The van der Waals surface area contributed by atoms with Gasteiger partial charge in [-0.3, -0.25) is 10.2 Å². The Morgan fingerprint density at radius 2 is 1.84 bits per heavy atom. The number of benzene rings is 2. The molecule has 1 spiro atoms. The fourth-order valence-corrected chi connectivity index (χ4v) is 4.36. The monoisotopic (exact) mass is 442 g/mol. The predicted octanol–water partition coefficient (Wildman–Crippen LogP) is 2.93. The van der Waals surface area contributed by atoms with E-state index < -0.39 is 0 Å². The van der Waals surface area contributed by atoms with Gasteiger partial charge in [0.25, 0.3) is 0 Å². The van der Waals surface area contributed by atoms with Crippen LogP contribution in [0.15, 0.2) is 53.6 Å². The number of rotatable bonds is 4. The number of ether oxygens (including phenoxy) is 1. The Morgan fingerprint density at radius 1 is 1.13 bits per heavy atom. The molecule has 0 aliphatic carbocycles. The van der Waals surface area contributed by atoms with Crippen LogP contribution >= 0.6 is 11.6 Å². The molecule has 5 N–H and O–H groups in total. The van der Waals surface area contributed by atoms with Crippen molar-refractivity contribution in [2.24, 2.45) is 22.1 Å². The number of hydrazone groups is 1. The van der Waals surface area contributed by atoms with Crippen LogP contribution in [0.2, 0.25) is 5.02 Å². The third-order valence-electron chi connectivity index (χ3n) is 5.98. The first-order valence-corrected chi connectivity index (χ1v) is 10.7. The predicted molar refractivity (Wildman–Crippen MR) is 121 cm³/mol. The number of piperidine rings is 1. The van der Waals surface area contributed by atoms with Crippen LogP contribution in [0, 0.1) is 5.41 Å². The van der Waals surface area contributed by atoms with Crippen molar-refractivity contribution in [1.82, 2.24) is 15.1 Å². The number of amides is 2. The summed E-state index contributed by atoms with van der Waals surface area (Å²) in [5.41, 5.74) is 6.88. The van der Waals surface area contributed by atoms with Gasteiger partial charge in [0.05, 0.1) is 0 Å². The van der Waals surface area contributed by atoms with Crippen molar-refractivity contribution < 1.29 is 9.53 Å². The topological polar surface area (TPSA) is 109 Å². The van der Waals surface area contributed by atoms with Crippen molar-refractivity contribution >= 4 is 23.6 Å². The van der Waals surface area contributed by atoms with Gasteiger partial charge in [0.2, 0.25) is 5.96 Å². The number of hydrogen-bond donors (Lipinski definition) is 3. The summed E-state index contributed by atoms with van der Waals surface area (Å²) in [5.74, 6) is 6.57. The van der Waals surface area contributed by atoms with E-state index in [0.717, 1.165) is 57.1 Å². The van der Waals surface area contributed by atoms with Gasteiger partial charge in [-0.25, -0.2) is 4.79 Å². The molecule has 2 fully saturated rings. The van der Waals surface area contributed by atoms with Crippen molar-refractivity contribution in [2.75, 3.05) is 26.2 Å². The fourth-order valence-electron chi connectivity index (χ4n) is 4.23. The number of urea groups is 1. The van der Waals surface area contributed by atoms with Crippen LogP contribution in [-0.4, -0.2) is 48.0 Å². The van der Waals surface area contributed by atoms with Gasteiger partial charge < -0.3 is 21.2 Å². The van der Waals surface area contributed by atoms with Crippen LogP contribution in [0.5, 0.6) is 11.5 Å². The van der Waals surface area contributed by atoms with Crippen molar-refractivity contribution in [3.05, 3.63) is 59.1 Å². The van der Waals surface area contributed by atoms with Gasteiger partial charge in [0.15, 0.2) is 0 Å². The third-order valence-corrected chi connectivity index (χ3v) is 6.24. The van der Waals surface area contributed by atoms with Crippen LogP contribution in [0.25, 0.3) is 0 Å². The van der Waals surface area contributed by atoms with E-state index in [1.165, 1.54) is 5.56 Å². The second kappa shape index (κ2) is 9.03. The number of halogens is 1. The largest absolute Gasteiger partial charge is 0.457 e. The summed E-state index contributed by atoms with van der Waals surface area (Å²) in [6.07, 6.45) is 2.14. The number of carbonyl (C=O) groups excluding carboxylic acids is 1. The van der Waals surface area contributed by atoms with Gasteiger partial charge in [0.1, 0.15) is 11.5 Å². The maximum atomic E-state index is 12.1. The summed E-state index contributed by atoms with van der Waals surface area (Å²) >= 11 is 5.93. The van der Waals surface area contributed by atoms with Gasteiger partial charge in [-0.1, -0.05) is 23.7 Å². The lowest BCUT2D eigenvalue weighted by Gasteiger charge is -2.53. The molecule has 0 radical (unpaired) electrons. The molecule has 2 saturated heterocycles. The molecule has 0 aromatic heterocycles. The van der Waals surface area contributed by atoms with Crippen LogP contribution in [0.1, 0.15) is 18.4 Å². The Labute approximate surface area is 186 Å². The average molecular weight is 443 g/mol. The molecule has 2 aliphatic rings. The number of nitrogens with zero attached hydrogens (tertiary/aromatic N) is 3. The van der Waals surface area contributed by atoms with Crippen LogP contribution in [0.4, 0.5) is 4.79 Å². The highest BCUT2D eigenvalue weighted by Crippen LogP contribution is 2.40. The maximum Gasteiger partial charge on any atom is 0.324 e. The van der Waals surface area contributed by atoms with E-state index in [-0.39, 0.29) is 17.4 Å². The first-order valence-electron chi connectivity index (χ1n) is 10.3. The van der Waals surface area contributed by atoms with Gasteiger partial charge in [-0.15, -0.1) is 5.10 Å².